The number of nitrogens with one attached hydrogen (secondary N) is 1. The zero-order valence-electron chi connectivity index (χ0n) is 17.3. The van der Waals surface area contributed by atoms with Crippen molar-refractivity contribution in [3.63, 3.8) is 0 Å². The van der Waals surface area contributed by atoms with Gasteiger partial charge in [-0.15, -0.1) is 0 Å². The van der Waals surface area contributed by atoms with Gasteiger partial charge in [0.2, 0.25) is 15.9 Å². The number of benzene rings is 2. The molecule has 0 aromatic heterocycles. The number of ether oxygens (including phenoxy) is 1. The maximum Gasteiger partial charge on any atom is 0.338 e. The van der Waals surface area contributed by atoms with Crippen LogP contribution in [-0.4, -0.2) is 39.7 Å². The Morgan fingerprint density at radius 2 is 1.72 bits per heavy atom. The predicted molar refractivity (Wildman–Crippen MR) is 114 cm³/mol. The molecule has 0 aliphatic heterocycles. The van der Waals surface area contributed by atoms with Crippen LogP contribution in [0, 0.1) is 20.8 Å². The molecule has 2 aromatic rings. The largest absolute Gasteiger partial charge is 0.462 e. The lowest BCUT2D eigenvalue weighted by Crippen LogP contribution is -2.38. The highest BCUT2D eigenvalue weighted by Gasteiger charge is 2.23. The molecular weight excluding hydrogens is 392 g/mol. The summed E-state index contributed by atoms with van der Waals surface area (Å²) in [6.45, 7) is 7.04. The summed E-state index contributed by atoms with van der Waals surface area (Å²) in [4.78, 5) is 24.4. The number of anilines is 2. The Hall–Kier alpha value is -2.87. The molecule has 156 valence electrons. The molecule has 2 rings (SSSR count). The first-order valence-corrected chi connectivity index (χ1v) is 11.0. The first-order valence-electron chi connectivity index (χ1n) is 9.15. The van der Waals surface area contributed by atoms with E-state index in [9.17, 15) is 18.0 Å². The van der Waals surface area contributed by atoms with Gasteiger partial charge in [0.15, 0.2) is 0 Å². The van der Waals surface area contributed by atoms with Gasteiger partial charge in [-0.25, -0.2) is 13.2 Å². The van der Waals surface area contributed by atoms with E-state index >= 15 is 0 Å². The molecule has 0 fully saturated rings. The molecule has 0 atom stereocenters. The summed E-state index contributed by atoms with van der Waals surface area (Å²) < 4.78 is 30.7. The number of carbonyl (C=O) groups excluding carboxylic acids is 2. The molecule has 0 saturated carbocycles. The molecule has 0 heterocycles. The third-order valence-electron chi connectivity index (χ3n) is 4.33. The molecule has 7 nitrogen and oxygen atoms in total. The Labute approximate surface area is 171 Å². The highest BCUT2D eigenvalue weighted by Crippen LogP contribution is 2.24. The number of nitrogens with zero attached hydrogens (tertiary/aromatic N) is 1. The minimum Gasteiger partial charge on any atom is -0.462 e. The fourth-order valence-electron chi connectivity index (χ4n) is 2.83. The van der Waals surface area contributed by atoms with Gasteiger partial charge >= 0.3 is 5.97 Å². The zero-order chi connectivity index (χ0) is 21.8. The average Bonchev–Trinajstić information content (AvgIpc) is 2.63. The highest BCUT2D eigenvalue weighted by molar-refractivity contribution is 7.92. The molecule has 0 saturated heterocycles. The Kier molecular flexibility index (Phi) is 7.02. The number of hydrogen-bond acceptors (Lipinski definition) is 5. The highest BCUT2D eigenvalue weighted by atomic mass is 32.2. The number of carbonyl (C=O) groups is 2. The quantitative estimate of drug-likeness (QED) is 0.697. The molecule has 29 heavy (non-hydrogen) atoms. The molecule has 0 bridgehead atoms. The minimum absolute atomic E-state index is 0.274. The number of amides is 1. The zero-order valence-corrected chi connectivity index (χ0v) is 18.1. The van der Waals surface area contributed by atoms with Crippen molar-refractivity contribution < 1.29 is 22.7 Å². The third kappa shape index (κ3) is 5.80. The van der Waals surface area contributed by atoms with Gasteiger partial charge in [-0.1, -0.05) is 12.1 Å². The van der Waals surface area contributed by atoms with Crippen LogP contribution in [-0.2, 0) is 19.6 Å². The Morgan fingerprint density at radius 1 is 1.03 bits per heavy atom. The maximum absolute atomic E-state index is 12.6. The van der Waals surface area contributed by atoms with Crippen molar-refractivity contribution in [3.05, 3.63) is 58.7 Å². The fraction of sp³-hybridized carbons (Fsp3) is 0.333. The van der Waals surface area contributed by atoms with Gasteiger partial charge in [0, 0.05) is 5.69 Å². The van der Waals surface area contributed by atoms with Crippen LogP contribution in [0.15, 0.2) is 36.4 Å². The van der Waals surface area contributed by atoms with E-state index in [1.807, 2.05) is 19.1 Å². The smallest absolute Gasteiger partial charge is 0.338 e. The lowest BCUT2D eigenvalue weighted by atomic mass is 10.1. The SMILES string of the molecule is CCOC(=O)c1ccc(NC(=O)CN(c2cc(C)ccc2C)S(C)(=O)=O)c(C)c1. The van der Waals surface area contributed by atoms with E-state index in [4.69, 9.17) is 4.74 Å². The normalized spacial score (nSPS) is 11.1. The lowest BCUT2D eigenvalue weighted by molar-refractivity contribution is -0.114. The molecule has 8 heteroatoms. The first kappa shape index (κ1) is 22.4. The van der Waals surface area contributed by atoms with Crippen LogP contribution < -0.4 is 9.62 Å². The van der Waals surface area contributed by atoms with Crippen molar-refractivity contribution in [3.8, 4) is 0 Å². The van der Waals surface area contributed by atoms with Crippen molar-refractivity contribution in [1.29, 1.82) is 0 Å². The van der Waals surface area contributed by atoms with Crippen molar-refractivity contribution in [2.75, 3.05) is 29.0 Å². The minimum atomic E-state index is -3.67. The molecular formula is C21H26N2O5S. The van der Waals surface area contributed by atoms with Gasteiger partial charge in [0.25, 0.3) is 0 Å². The molecule has 0 aliphatic carbocycles. The van der Waals surface area contributed by atoms with Crippen LogP contribution in [0.1, 0.15) is 34.0 Å². The van der Waals surface area contributed by atoms with E-state index in [-0.39, 0.29) is 13.2 Å². The van der Waals surface area contributed by atoms with Crippen molar-refractivity contribution in [2.45, 2.75) is 27.7 Å². The second kappa shape index (κ2) is 9.09. The van der Waals surface area contributed by atoms with E-state index in [1.54, 1.807) is 45.0 Å². The Balaban J connectivity index is 2.23. The van der Waals surface area contributed by atoms with E-state index in [0.29, 0.717) is 22.5 Å². The van der Waals surface area contributed by atoms with Crippen LogP contribution >= 0.6 is 0 Å². The molecule has 2 aromatic carbocycles. The number of rotatable bonds is 7. The van der Waals surface area contributed by atoms with Gasteiger partial charge < -0.3 is 10.1 Å². The number of hydrogen-bond donors (Lipinski definition) is 1. The van der Waals surface area contributed by atoms with Crippen LogP contribution in [0.5, 0.6) is 0 Å². The molecule has 0 unspecified atom stereocenters. The van der Waals surface area contributed by atoms with Gasteiger partial charge in [0.05, 0.1) is 24.1 Å². The van der Waals surface area contributed by atoms with Crippen molar-refractivity contribution in [2.24, 2.45) is 0 Å². The van der Waals surface area contributed by atoms with Crippen LogP contribution in [0.25, 0.3) is 0 Å². The monoisotopic (exact) mass is 418 g/mol. The second-order valence-electron chi connectivity index (χ2n) is 6.86. The second-order valence-corrected chi connectivity index (χ2v) is 8.76. The van der Waals surface area contributed by atoms with E-state index in [0.717, 1.165) is 21.7 Å². The maximum atomic E-state index is 12.6. The molecule has 0 radical (unpaired) electrons. The van der Waals surface area contributed by atoms with Crippen LogP contribution in [0.3, 0.4) is 0 Å². The predicted octanol–water partition coefficient (Wildman–Crippen LogP) is 3.19. The number of esters is 1. The molecule has 1 N–H and O–H groups in total. The summed E-state index contributed by atoms with van der Waals surface area (Å²) in [5.41, 5.74) is 3.67. The molecule has 0 aliphatic rings. The van der Waals surface area contributed by atoms with E-state index < -0.39 is 21.9 Å². The summed E-state index contributed by atoms with van der Waals surface area (Å²) in [7, 11) is -3.67. The summed E-state index contributed by atoms with van der Waals surface area (Å²) in [6, 6.07) is 10.2. The molecule has 1 amide bonds. The van der Waals surface area contributed by atoms with Crippen molar-refractivity contribution >= 4 is 33.3 Å². The van der Waals surface area contributed by atoms with E-state index in [1.165, 1.54) is 0 Å². The van der Waals surface area contributed by atoms with Gasteiger partial charge in [-0.2, -0.15) is 0 Å². The van der Waals surface area contributed by atoms with Crippen LogP contribution in [0.2, 0.25) is 0 Å². The summed E-state index contributed by atoms with van der Waals surface area (Å²) in [5.74, 6) is -0.921. The van der Waals surface area contributed by atoms with Crippen molar-refractivity contribution in [1.82, 2.24) is 0 Å². The fourth-order valence-corrected chi connectivity index (χ4v) is 3.74. The van der Waals surface area contributed by atoms with Gasteiger partial charge in [-0.3, -0.25) is 9.10 Å². The topological polar surface area (TPSA) is 92.8 Å². The first-order chi connectivity index (χ1) is 13.5. The number of aryl methyl sites for hydroxylation is 3. The summed E-state index contributed by atoms with van der Waals surface area (Å²) in [6.07, 6.45) is 1.07. The van der Waals surface area contributed by atoms with E-state index in [2.05, 4.69) is 5.32 Å². The standard InChI is InChI=1S/C21H26N2O5S/c1-6-28-21(25)17-9-10-18(16(4)12-17)22-20(24)13-23(29(5,26)27)19-11-14(2)7-8-15(19)3/h7-12H,6,13H2,1-5H3,(H,22,24). The van der Waals surface area contributed by atoms with Crippen LogP contribution in [0.4, 0.5) is 11.4 Å². The molecule has 0 spiro atoms. The average molecular weight is 419 g/mol. The third-order valence-corrected chi connectivity index (χ3v) is 5.46. The lowest BCUT2D eigenvalue weighted by Gasteiger charge is -2.24. The number of sulfonamides is 1. The Bertz CT molecular complexity index is 1030. The summed E-state index contributed by atoms with van der Waals surface area (Å²) >= 11 is 0. The Morgan fingerprint density at radius 3 is 2.31 bits per heavy atom. The van der Waals surface area contributed by atoms with Gasteiger partial charge in [-0.05, 0) is 68.7 Å². The summed E-state index contributed by atoms with van der Waals surface area (Å²) in [5, 5.41) is 2.72. The van der Waals surface area contributed by atoms with Gasteiger partial charge in [0.1, 0.15) is 6.54 Å².